The lowest BCUT2D eigenvalue weighted by Crippen LogP contribution is -2.40. The van der Waals surface area contributed by atoms with E-state index in [4.69, 9.17) is 0 Å². The van der Waals surface area contributed by atoms with Crippen molar-refractivity contribution < 1.29 is 19.5 Å². The Morgan fingerprint density at radius 3 is 2.54 bits per heavy atom. The average Bonchev–Trinajstić information content (AvgIpc) is 2.78. The molecule has 0 atom stereocenters. The molecule has 0 aromatic heterocycles. The second-order valence-corrected chi connectivity index (χ2v) is 7.19. The molecule has 0 unspecified atom stereocenters. The smallest absolute Gasteiger partial charge is 0.261 e. The summed E-state index contributed by atoms with van der Waals surface area (Å²) in [6, 6.07) is 5.03. The van der Waals surface area contributed by atoms with Crippen molar-refractivity contribution in [1.29, 1.82) is 0 Å². The first kappa shape index (κ1) is 17.1. The van der Waals surface area contributed by atoms with Gasteiger partial charge >= 0.3 is 0 Å². The molecule has 3 amide bonds. The van der Waals surface area contributed by atoms with Crippen LogP contribution in [0.25, 0.3) is 0 Å². The Kier molecular flexibility index (Phi) is 5.01. The van der Waals surface area contributed by atoms with Gasteiger partial charge in [-0.3, -0.25) is 19.3 Å². The molecule has 24 heavy (non-hydrogen) atoms. The number of aliphatic hydroxyl groups is 1. The molecule has 0 saturated heterocycles. The summed E-state index contributed by atoms with van der Waals surface area (Å²) < 4.78 is 0.737. The number of rotatable bonds is 4. The molecule has 6 nitrogen and oxygen atoms in total. The van der Waals surface area contributed by atoms with Crippen LogP contribution in [0.3, 0.4) is 0 Å². The number of benzene rings is 1. The van der Waals surface area contributed by atoms with Crippen molar-refractivity contribution in [3.05, 3.63) is 33.8 Å². The van der Waals surface area contributed by atoms with E-state index in [0.29, 0.717) is 24.0 Å². The Balaban J connectivity index is 1.55. The highest BCUT2D eigenvalue weighted by molar-refractivity contribution is 9.10. The van der Waals surface area contributed by atoms with Gasteiger partial charge in [-0.1, -0.05) is 15.9 Å². The molecule has 3 rings (SSSR count). The summed E-state index contributed by atoms with van der Waals surface area (Å²) in [5.74, 6) is -0.880. The Labute approximate surface area is 148 Å². The number of aliphatic hydroxyl groups excluding tert-OH is 1. The van der Waals surface area contributed by atoms with Crippen LogP contribution in [-0.4, -0.2) is 46.4 Å². The van der Waals surface area contributed by atoms with Crippen LogP contribution in [-0.2, 0) is 4.79 Å². The molecule has 1 aromatic rings. The van der Waals surface area contributed by atoms with Gasteiger partial charge in [0.1, 0.15) is 0 Å². The van der Waals surface area contributed by atoms with Gasteiger partial charge in [0, 0.05) is 23.5 Å². The Hall–Kier alpha value is -1.73. The van der Waals surface area contributed by atoms with Gasteiger partial charge in [-0.25, -0.2) is 0 Å². The van der Waals surface area contributed by atoms with Crippen molar-refractivity contribution in [2.24, 2.45) is 0 Å². The van der Waals surface area contributed by atoms with Crippen LogP contribution in [0.4, 0.5) is 0 Å². The lowest BCUT2D eigenvalue weighted by atomic mass is 9.93. The maximum absolute atomic E-state index is 12.3. The first-order valence-electron chi connectivity index (χ1n) is 8.09. The second kappa shape index (κ2) is 7.03. The average molecular weight is 395 g/mol. The van der Waals surface area contributed by atoms with Crippen LogP contribution in [0.2, 0.25) is 0 Å². The summed E-state index contributed by atoms with van der Waals surface area (Å²) in [7, 11) is 0. The fourth-order valence-electron chi connectivity index (χ4n) is 3.20. The molecular formula is C17H19BrN2O4. The zero-order valence-electron chi connectivity index (χ0n) is 13.1. The zero-order chi connectivity index (χ0) is 17.3. The third-order valence-electron chi connectivity index (χ3n) is 4.56. The number of hydrogen-bond acceptors (Lipinski definition) is 4. The van der Waals surface area contributed by atoms with Crippen LogP contribution in [0.15, 0.2) is 22.7 Å². The number of nitrogens with one attached hydrogen (secondary N) is 1. The van der Waals surface area contributed by atoms with Gasteiger partial charge in [0.2, 0.25) is 5.91 Å². The number of carbonyl (C=O) groups excluding carboxylic acids is 3. The quantitative estimate of drug-likeness (QED) is 0.762. The lowest BCUT2D eigenvalue weighted by Gasteiger charge is -2.26. The van der Waals surface area contributed by atoms with E-state index in [0.717, 1.165) is 22.2 Å². The number of fused-ring (bicyclic) bond motifs is 1. The van der Waals surface area contributed by atoms with Gasteiger partial charge in [-0.05, 0) is 43.9 Å². The van der Waals surface area contributed by atoms with Crippen molar-refractivity contribution in [2.75, 3.05) is 6.54 Å². The van der Waals surface area contributed by atoms with Gasteiger partial charge in [0.15, 0.2) is 0 Å². The SMILES string of the molecule is O=C(CCN1C(=O)c2ccc(Br)cc2C1=O)NC1CCC(O)CC1. The molecule has 2 N–H and O–H groups in total. The number of halogens is 1. The topological polar surface area (TPSA) is 86.7 Å². The predicted molar refractivity (Wildman–Crippen MR) is 90.5 cm³/mol. The summed E-state index contributed by atoms with van der Waals surface area (Å²) in [6.45, 7) is 0.0745. The summed E-state index contributed by atoms with van der Waals surface area (Å²) in [5.41, 5.74) is 0.751. The molecule has 2 aliphatic rings. The minimum Gasteiger partial charge on any atom is -0.393 e. The van der Waals surface area contributed by atoms with Crippen molar-refractivity contribution in [1.82, 2.24) is 10.2 Å². The monoisotopic (exact) mass is 394 g/mol. The number of nitrogens with zero attached hydrogens (tertiary/aromatic N) is 1. The Morgan fingerprint density at radius 1 is 1.17 bits per heavy atom. The van der Waals surface area contributed by atoms with E-state index in [-0.39, 0.29) is 42.8 Å². The van der Waals surface area contributed by atoms with Gasteiger partial charge in [0.05, 0.1) is 17.2 Å². The Morgan fingerprint density at radius 2 is 1.83 bits per heavy atom. The molecule has 7 heteroatoms. The second-order valence-electron chi connectivity index (χ2n) is 6.27. The van der Waals surface area contributed by atoms with E-state index < -0.39 is 0 Å². The summed E-state index contributed by atoms with van der Waals surface area (Å²) >= 11 is 3.29. The van der Waals surface area contributed by atoms with Crippen LogP contribution in [0.1, 0.15) is 52.8 Å². The van der Waals surface area contributed by atoms with Crippen LogP contribution >= 0.6 is 15.9 Å². The summed E-state index contributed by atoms with van der Waals surface area (Å²) in [6.07, 6.45) is 2.72. The highest BCUT2D eigenvalue weighted by Crippen LogP contribution is 2.26. The highest BCUT2D eigenvalue weighted by Gasteiger charge is 2.35. The van der Waals surface area contributed by atoms with Crippen molar-refractivity contribution >= 4 is 33.7 Å². The molecule has 1 heterocycles. The van der Waals surface area contributed by atoms with E-state index in [9.17, 15) is 19.5 Å². The van der Waals surface area contributed by atoms with E-state index in [1.54, 1.807) is 18.2 Å². The molecule has 0 radical (unpaired) electrons. The molecule has 1 aliphatic carbocycles. The van der Waals surface area contributed by atoms with Gasteiger partial charge in [-0.2, -0.15) is 0 Å². The van der Waals surface area contributed by atoms with Gasteiger partial charge < -0.3 is 10.4 Å². The molecule has 1 saturated carbocycles. The van der Waals surface area contributed by atoms with E-state index in [1.165, 1.54) is 0 Å². The predicted octanol–water partition coefficient (Wildman–Crippen LogP) is 1.85. The molecule has 0 bridgehead atoms. The van der Waals surface area contributed by atoms with Crippen molar-refractivity contribution in [3.8, 4) is 0 Å². The van der Waals surface area contributed by atoms with Crippen molar-refractivity contribution in [3.63, 3.8) is 0 Å². The first-order valence-corrected chi connectivity index (χ1v) is 8.88. The number of imide groups is 1. The third kappa shape index (κ3) is 3.52. The molecular weight excluding hydrogens is 376 g/mol. The minimum absolute atomic E-state index is 0.0685. The van der Waals surface area contributed by atoms with Crippen LogP contribution in [0, 0.1) is 0 Å². The highest BCUT2D eigenvalue weighted by atomic mass is 79.9. The maximum Gasteiger partial charge on any atom is 0.261 e. The lowest BCUT2D eigenvalue weighted by molar-refractivity contribution is -0.122. The molecule has 0 spiro atoms. The summed E-state index contributed by atoms with van der Waals surface area (Å²) in [4.78, 5) is 37.8. The Bertz CT molecular complexity index is 683. The molecule has 1 aliphatic heterocycles. The van der Waals surface area contributed by atoms with E-state index in [1.807, 2.05) is 0 Å². The fourth-order valence-corrected chi connectivity index (χ4v) is 3.56. The molecule has 1 fully saturated rings. The zero-order valence-corrected chi connectivity index (χ0v) is 14.7. The van der Waals surface area contributed by atoms with Crippen LogP contribution < -0.4 is 5.32 Å². The van der Waals surface area contributed by atoms with Gasteiger partial charge in [0.25, 0.3) is 11.8 Å². The van der Waals surface area contributed by atoms with Crippen molar-refractivity contribution in [2.45, 2.75) is 44.2 Å². The third-order valence-corrected chi connectivity index (χ3v) is 5.05. The number of carbonyl (C=O) groups is 3. The largest absolute Gasteiger partial charge is 0.393 e. The standard InChI is InChI=1S/C17H19BrN2O4/c18-10-1-6-13-14(9-10)17(24)20(16(13)23)8-7-15(22)19-11-2-4-12(21)5-3-11/h1,6,9,11-12,21H,2-5,7-8H2,(H,19,22). The number of hydrogen-bond donors (Lipinski definition) is 2. The number of amides is 3. The normalized spacial score (nSPS) is 23.3. The van der Waals surface area contributed by atoms with Crippen LogP contribution in [0.5, 0.6) is 0 Å². The van der Waals surface area contributed by atoms with E-state index in [2.05, 4.69) is 21.2 Å². The minimum atomic E-state index is -0.357. The molecule has 1 aromatic carbocycles. The fraction of sp³-hybridized carbons (Fsp3) is 0.471. The maximum atomic E-state index is 12.3. The summed E-state index contributed by atoms with van der Waals surface area (Å²) in [5, 5.41) is 12.4. The van der Waals surface area contributed by atoms with Gasteiger partial charge in [-0.15, -0.1) is 0 Å². The van der Waals surface area contributed by atoms with E-state index >= 15 is 0 Å². The first-order chi connectivity index (χ1) is 11.5. The molecule has 128 valence electrons.